The number of aromatic nitrogens is 2. The lowest BCUT2D eigenvalue weighted by Gasteiger charge is -2.16. The highest BCUT2D eigenvalue weighted by atomic mass is 35.5. The van der Waals surface area contributed by atoms with Crippen LogP contribution < -0.4 is 26.0 Å². The predicted molar refractivity (Wildman–Crippen MR) is 136 cm³/mol. The molecule has 0 saturated heterocycles. The first kappa shape index (κ1) is 24.1. The molecule has 0 fully saturated rings. The third-order valence-corrected chi connectivity index (χ3v) is 5.94. The topological polar surface area (TPSA) is 91.6 Å². The third-order valence-electron chi connectivity index (χ3n) is 5.64. The summed E-state index contributed by atoms with van der Waals surface area (Å²) in [4.78, 5) is 39.6. The average molecular weight is 494 g/mol. The number of nitrogens with zero attached hydrogens (tertiary/aromatic N) is 2. The fraction of sp³-hybridized carbons (Fsp3) is 0.192. The summed E-state index contributed by atoms with van der Waals surface area (Å²) < 4.78 is 12.9. The highest BCUT2D eigenvalue weighted by Crippen LogP contribution is 2.35. The molecular formula is C26H24ClN3O5. The van der Waals surface area contributed by atoms with Gasteiger partial charge in [0, 0.05) is 6.07 Å². The van der Waals surface area contributed by atoms with E-state index >= 15 is 0 Å². The molecule has 9 heteroatoms. The summed E-state index contributed by atoms with van der Waals surface area (Å²) in [6.45, 7) is 1.73. The van der Waals surface area contributed by atoms with Gasteiger partial charge in [-0.15, -0.1) is 0 Å². The van der Waals surface area contributed by atoms with Gasteiger partial charge < -0.3 is 14.8 Å². The Morgan fingerprint density at radius 2 is 1.63 bits per heavy atom. The number of nitrogens with one attached hydrogen (secondary N) is 1. The Bertz CT molecular complexity index is 1520. The van der Waals surface area contributed by atoms with Crippen LogP contribution in [-0.4, -0.2) is 29.3 Å². The standard InChI is InChI=1S/C26H24ClN3O5/c1-16-8-10-17(11-9-16)14-30-25(32)18-6-4-5-7-21(18)29(26(30)33)15-24(31)28-20-12-19(27)22(34-2)13-23(20)35-3/h4-13H,14-15H2,1-3H3,(H,28,31). The van der Waals surface area contributed by atoms with Crippen LogP contribution in [0.3, 0.4) is 0 Å². The zero-order chi connectivity index (χ0) is 25.1. The number of hydrogen-bond donors (Lipinski definition) is 1. The van der Waals surface area contributed by atoms with Crippen LogP contribution in [-0.2, 0) is 17.9 Å². The van der Waals surface area contributed by atoms with E-state index in [-0.39, 0.29) is 18.1 Å². The van der Waals surface area contributed by atoms with Crippen molar-refractivity contribution in [2.75, 3.05) is 19.5 Å². The summed E-state index contributed by atoms with van der Waals surface area (Å²) in [5, 5.41) is 3.37. The van der Waals surface area contributed by atoms with Gasteiger partial charge in [0.25, 0.3) is 5.56 Å². The van der Waals surface area contributed by atoms with Gasteiger partial charge in [0.1, 0.15) is 18.0 Å². The molecule has 4 rings (SSSR count). The fourth-order valence-electron chi connectivity index (χ4n) is 3.83. The maximum atomic E-state index is 13.4. The number of ether oxygens (including phenoxy) is 2. The lowest BCUT2D eigenvalue weighted by Crippen LogP contribution is -2.42. The van der Waals surface area contributed by atoms with Crippen molar-refractivity contribution in [3.63, 3.8) is 0 Å². The first-order valence-corrected chi connectivity index (χ1v) is 11.2. The zero-order valence-corrected chi connectivity index (χ0v) is 20.3. The number of carbonyl (C=O) groups excluding carboxylic acids is 1. The number of methoxy groups -OCH3 is 2. The van der Waals surface area contributed by atoms with Crippen molar-refractivity contribution in [2.24, 2.45) is 0 Å². The highest BCUT2D eigenvalue weighted by Gasteiger charge is 2.17. The van der Waals surface area contributed by atoms with E-state index in [9.17, 15) is 14.4 Å². The summed E-state index contributed by atoms with van der Waals surface area (Å²) in [6, 6.07) is 17.4. The quantitative estimate of drug-likeness (QED) is 0.422. The normalized spacial score (nSPS) is 10.9. The van der Waals surface area contributed by atoms with Gasteiger partial charge in [-0.05, 0) is 30.7 Å². The van der Waals surface area contributed by atoms with Crippen LogP contribution in [0.2, 0.25) is 5.02 Å². The van der Waals surface area contributed by atoms with E-state index in [1.807, 2.05) is 31.2 Å². The van der Waals surface area contributed by atoms with Crippen molar-refractivity contribution in [2.45, 2.75) is 20.0 Å². The van der Waals surface area contributed by atoms with Crippen LogP contribution in [0.25, 0.3) is 10.9 Å². The van der Waals surface area contributed by atoms with Gasteiger partial charge in [-0.3, -0.25) is 18.7 Å². The van der Waals surface area contributed by atoms with Crippen molar-refractivity contribution in [3.8, 4) is 11.5 Å². The molecule has 0 unspecified atom stereocenters. The minimum atomic E-state index is -0.579. The molecule has 1 amide bonds. The molecule has 0 aliphatic carbocycles. The lowest BCUT2D eigenvalue weighted by atomic mass is 10.1. The number of hydrogen-bond acceptors (Lipinski definition) is 5. The minimum Gasteiger partial charge on any atom is -0.495 e. The molecule has 0 spiro atoms. The van der Waals surface area contributed by atoms with Gasteiger partial charge in [-0.2, -0.15) is 0 Å². The van der Waals surface area contributed by atoms with E-state index in [1.165, 1.54) is 24.9 Å². The Labute approximate surface area is 206 Å². The lowest BCUT2D eigenvalue weighted by molar-refractivity contribution is -0.116. The van der Waals surface area contributed by atoms with Crippen LogP contribution in [0.15, 0.2) is 70.3 Å². The summed E-state index contributed by atoms with van der Waals surface area (Å²) in [5.74, 6) is 0.255. The van der Waals surface area contributed by atoms with E-state index in [2.05, 4.69) is 5.32 Å². The SMILES string of the molecule is COc1cc(OC)c(NC(=O)Cn2c(=O)n(Cc3ccc(C)cc3)c(=O)c3ccccc32)cc1Cl. The largest absolute Gasteiger partial charge is 0.495 e. The molecule has 35 heavy (non-hydrogen) atoms. The summed E-state index contributed by atoms with van der Waals surface area (Å²) in [6.07, 6.45) is 0. The van der Waals surface area contributed by atoms with Gasteiger partial charge in [-0.25, -0.2) is 4.79 Å². The Balaban J connectivity index is 1.73. The van der Waals surface area contributed by atoms with Crippen LogP contribution in [0.1, 0.15) is 11.1 Å². The Hall–Kier alpha value is -4.04. The summed E-state index contributed by atoms with van der Waals surface area (Å²) in [5.41, 5.74) is 1.59. The molecule has 180 valence electrons. The zero-order valence-electron chi connectivity index (χ0n) is 19.5. The van der Waals surface area contributed by atoms with Crippen LogP contribution in [0.5, 0.6) is 11.5 Å². The van der Waals surface area contributed by atoms with Crippen molar-refractivity contribution in [1.82, 2.24) is 9.13 Å². The fourth-order valence-corrected chi connectivity index (χ4v) is 4.07. The van der Waals surface area contributed by atoms with E-state index in [0.717, 1.165) is 15.7 Å². The highest BCUT2D eigenvalue weighted by molar-refractivity contribution is 6.32. The van der Waals surface area contributed by atoms with Crippen molar-refractivity contribution in [1.29, 1.82) is 0 Å². The Morgan fingerprint density at radius 3 is 2.31 bits per heavy atom. The number of fused-ring (bicyclic) bond motifs is 1. The second kappa shape index (κ2) is 10.1. The van der Waals surface area contributed by atoms with Crippen LogP contribution >= 0.6 is 11.6 Å². The third kappa shape index (κ3) is 4.93. The molecule has 0 aliphatic heterocycles. The maximum Gasteiger partial charge on any atom is 0.332 e. The maximum absolute atomic E-state index is 13.4. The smallest absolute Gasteiger partial charge is 0.332 e. The molecule has 0 atom stereocenters. The number of benzene rings is 3. The molecule has 0 aliphatic rings. The van der Waals surface area contributed by atoms with E-state index < -0.39 is 17.2 Å². The second-order valence-corrected chi connectivity index (χ2v) is 8.41. The molecule has 1 N–H and O–H groups in total. The molecule has 0 bridgehead atoms. The monoisotopic (exact) mass is 493 g/mol. The Kier molecular flexibility index (Phi) is 6.93. The molecule has 1 aromatic heterocycles. The molecule has 3 aromatic carbocycles. The number of carbonyl (C=O) groups is 1. The number of rotatable bonds is 7. The second-order valence-electron chi connectivity index (χ2n) is 8.00. The van der Waals surface area contributed by atoms with Crippen LogP contribution in [0.4, 0.5) is 5.69 Å². The molecule has 0 saturated carbocycles. The summed E-state index contributed by atoms with van der Waals surface area (Å²) >= 11 is 6.21. The molecule has 8 nitrogen and oxygen atoms in total. The number of amides is 1. The molecule has 4 aromatic rings. The first-order valence-electron chi connectivity index (χ1n) is 10.8. The van der Waals surface area contributed by atoms with Crippen molar-refractivity contribution >= 4 is 34.1 Å². The predicted octanol–water partition coefficient (Wildman–Crippen LogP) is 3.83. The minimum absolute atomic E-state index is 0.0896. The Morgan fingerprint density at radius 1 is 0.943 bits per heavy atom. The number of halogens is 1. The van der Waals surface area contributed by atoms with Gasteiger partial charge in [0.2, 0.25) is 5.91 Å². The van der Waals surface area contributed by atoms with Crippen LogP contribution in [0, 0.1) is 6.92 Å². The number of para-hydroxylation sites is 1. The molecule has 0 radical (unpaired) electrons. The summed E-state index contributed by atoms with van der Waals surface area (Å²) in [7, 11) is 2.93. The van der Waals surface area contributed by atoms with Gasteiger partial charge >= 0.3 is 5.69 Å². The van der Waals surface area contributed by atoms with Gasteiger partial charge in [0.15, 0.2) is 0 Å². The van der Waals surface area contributed by atoms with Gasteiger partial charge in [0.05, 0.1) is 42.4 Å². The first-order chi connectivity index (χ1) is 16.8. The van der Waals surface area contributed by atoms with Crippen molar-refractivity contribution in [3.05, 3.63) is 97.7 Å². The van der Waals surface area contributed by atoms with Crippen molar-refractivity contribution < 1.29 is 14.3 Å². The van der Waals surface area contributed by atoms with E-state index in [4.69, 9.17) is 21.1 Å². The number of anilines is 1. The molecule has 1 heterocycles. The van der Waals surface area contributed by atoms with E-state index in [1.54, 1.807) is 30.3 Å². The molecular weight excluding hydrogens is 470 g/mol. The number of aryl methyl sites for hydroxylation is 1. The van der Waals surface area contributed by atoms with E-state index in [0.29, 0.717) is 28.1 Å². The van der Waals surface area contributed by atoms with Gasteiger partial charge in [-0.1, -0.05) is 53.6 Å². The average Bonchev–Trinajstić information content (AvgIpc) is 2.85.